The van der Waals surface area contributed by atoms with Crippen LogP contribution < -0.4 is 10.6 Å². The van der Waals surface area contributed by atoms with Gasteiger partial charge in [-0.25, -0.2) is 4.79 Å². The van der Waals surface area contributed by atoms with E-state index in [4.69, 9.17) is 9.47 Å². The van der Waals surface area contributed by atoms with Crippen LogP contribution >= 0.6 is 23.5 Å². The number of carbonyl (C=O) groups is 3. The summed E-state index contributed by atoms with van der Waals surface area (Å²) in [7, 11) is 0. The number of carboxylic acid groups (broad SMARTS) is 1. The van der Waals surface area contributed by atoms with Crippen LogP contribution in [0.15, 0.2) is 0 Å². The molecule has 0 aromatic heterocycles. The Bertz CT molecular complexity index is 856. The van der Waals surface area contributed by atoms with Crippen molar-refractivity contribution in [1.82, 2.24) is 10.6 Å². The Hall–Kier alpha value is -1.29. The first-order valence-electron chi connectivity index (χ1n) is 13.5. The number of aliphatic carboxylic acids is 1. The Kier molecular flexibility index (Phi) is 16.3. The molecule has 0 spiro atoms. The highest BCUT2D eigenvalue weighted by Crippen LogP contribution is 2.30. The second kappa shape index (κ2) is 18.5. The van der Waals surface area contributed by atoms with Gasteiger partial charge in [-0.15, -0.1) is 23.5 Å². The number of ether oxygens (including phenoxy) is 2. The van der Waals surface area contributed by atoms with Gasteiger partial charge < -0.3 is 66.1 Å². The van der Waals surface area contributed by atoms with E-state index in [0.717, 1.165) is 23.5 Å². The number of hydrogen-bond acceptors (Lipinski definition) is 15. The first kappa shape index (κ1) is 36.9. The second-order valence-electron chi connectivity index (χ2n) is 9.94. The van der Waals surface area contributed by atoms with Gasteiger partial charge >= 0.3 is 5.97 Å². The van der Waals surface area contributed by atoms with Gasteiger partial charge in [0.25, 0.3) is 0 Å². The molecule has 0 radical (unpaired) electrons. The average Bonchev–Trinajstić information content (AvgIpc) is 2.96. The average molecular weight is 647 g/mol. The van der Waals surface area contributed by atoms with Crippen LogP contribution in [0, 0.1) is 0 Å². The normalized spacial score (nSPS) is 34.0. The summed E-state index contributed by atoms with van der Waals surface area (Å²) in [5.74, 6) is -1.73. The van der Waals surface area contributed by atoms with Crippen LogP contribution in [-0.4, -0.2) is 161 Å². The van der Waals surface area contributed by atoms with Crippen molar-refractivity contribution in [2.24, 2.45) is 0 Å². The lowest BCUT2D eigenvalue weighted by molar-refractivity contribution is -0.205. The lowest BCUT2D eigenvalue weighted by atomic mass is 10.0. The summed E-state index contributed by atoms with van der Waals surface area (Å²) < 4.78 is 10.7. The zero-order valence-electron chi connectivity index (χ0n) is 22.8. The number of unbranched alkanes of at least 4 members (excludes halogenated alkanes) is 1. The van der Waals surface area contributed by atoms with E-state index in [1.54, 1.807) is 0 Å². The molecule has 2 fully saturated rings. The molecular formula is C24H42N2O14S2. The van der Waals surface area contributed by atoms with Crippen LogP contribution in [0.3, 0.4) is 0 Å². The van der Waals surface area contributed by atoms with Crippen LogP contribution in [0.4, 0.5) is 0 Å². The lowest BCUT2D eigenvalue weighted by Crippen LogP contribution is -2.57. The van der Waals surface area contributed by atoms with E-state index < -0.39 is 90.8 Å². The second-order valence-corrected chi connectivity index (χ2v) is 12.4. The highest BCUT2D eigenvalue weighted by Gasteiger charge is 2.44. The minimum absolute atomic E-state index is 0.0641. The van der Waals surface area contributed by atoms with Gasteiger partial charge in [0.15, 0.2) is 0 Å². The summed E-state index contributed by atoms with van der Waals surface area (Å²) in [5, 5.41) is 92.3. The molecule has 2 aliphatic heterocycles. The molecule has 0 aromatic rings. The van der Waals surface area contributed by atoms with Crippen molar-refractivity contribution in [2.75, 3.05) is 31.3 Å². The van der Waals surface area contributed by atoms with Crippen molar-refractivity contribution in [3.8, 4) is 0 Å². The number of nitrogens with one attached hydrogen (secondary N) is 2. The number of thioether (sulfide) groups is 2. The summed E-state index contributed by atoms with van der Waals surface area (Å²) in [6.07, 6.45) is -9.98. The summed E-state index contributed by atoms with van der Waals surface area (Å²) in [6, 6.07) is -1.15. The SMILES string of the molecule is O=C(CCS[C@H]1O[C@H](CO)[C@@H](O)[C@H](O)[C@@H]1O)NCCCC[C@@H](NC(=O)CCS[C@H]1O[C@H](CO)[C@@H](O)[C@H](O)[C@@H]1O)C(=O)O. The van der Waals surface area contributed by atoms with Crippen molar-refractivity contribution < 1.29 is 69.8 Å². The quantitative estimate of drug-likeness (QED) is 0.0667. The van der Waals surface area contributed by atoms with E-state index in [0.29, 0.717) is 12.8 Å². The first-order valence-corrected chi connectivity index (χ1v) is 15.6. The molecule has 2 amide bonds. The van der Waals surface area contributed by atoms with E-state index in [1.165, 1.54) is 0 Å². The minimum atomic E-state index is -1.53. The van der Waals surface area contributed by atoms with Crippen molar-refractivity contribution in [3.05, 3.63) is 0 Å². The van der Waals surface area contributed by atoms with Gasteiger partial charge in [-0.05, 0) is 19.3 Å². The predicted octanol–water partition coefficient (Wildman–Crippen LogP) is -4.31. The van der Waals surface area contributed by atoms with E-state index >= 15 is 0 Å². The number of rotatable bonds is 17. The van der Waals surface area contributed by atoms with Crippen molar-refractivity contribution >= 4 is 41.3 Å². The van der Waals surface area contributed by atoms with E-state index in [1.807, 2.05) is 0 Å². The summed E-state index contributed by atoms with van der Waals surface area (Å²) in [5.41, 5.74) is -1.92. The topological polar surface area (TPSA) is 276 Å². The molecule has 0 unspecified atom stereocenters. The summed E-state index contributed by atoms with van der Waals surface area (Å²) in [6.45, 7) is -0.851. The molecule has 11 atom stereocenters. The molecule has 2 saturated heterocycles. The fourth-order valence-electron chi connectivity index (χ4n) is 4.26. The van der Waals surface area contributed by atoms with E-state index in [2.05, 4.69) is 10.6 Å². The van der Waals surface area contributed by atoms with Crippen LogP contribution in [0.5, 0.6) is 0 Å². The summed E-state index contributed by atoms with van der Waals surface area (Å²) >= 11 is 2.04. The monoisotopic (exact) mass is 646 g/mol. The molecule has 0 aromatic carbocycles. The molecule has 244 valence electrons. The Morgan fingerprint density at radius 2 is 1.17 bits per heavy atom. The standard InChI is InChI=1S/C24H42N2O14S2/c27-9-12-16(31)18(33)20(35)23(39-12)41-7-4-14(29)25-6-2-1-3-11(22(37)38)26-15(30)5-8-42-24-21(36)19(34)17(32)13(10-28)40-24/h11-13,16-21,23-24,27-28,31-36H,1-10H2,(H,25,29)(H,26,30)(H,37,38)/t11-,12-,13-,16-,17-,18+,19+,20+,21+,23-,24-/m1/s1. The zero-order valence-corrected chi connectivity index (χ0v) is 24.4. The highest BCUT2D eigenvalue weighted by atomic mass is 32.2. The van der Waals surface area contributed by atoms with Gasteiger partial charge in [-0.1, -0.05) is 0 Å². The number of carbonyl (C=O) groups excluding carboxylic acids is 2. The van der Waals surface area contributed by atoms with E-state index in [9.17, 15) is 60.3 Å². The molecule has 0 saturated carbocycles. The smallest absolute Gasteiger partial charge is 0.326 e. The van der Waals surface area contributed by atoms with Gasteiger partial charge in [-0.2, -0.15) is 0 Å². The lowest BCUT2D eigenvalue weighted by Gasteiger charge is -2.39. The van der Waals surface area contributed by atoms with Gasteiger partial charge in [-0.3, -0.25) is 9.59 Å². The molecule has 0 bridgehead atoms. The number of aliphatic hydroxyl groups excluding tert-OH is 8. The van der Waals surface area contributed by atoms with Crippen LogP contribution in [0.25, 0.3) is 0 Å². The molecule has 0 aliphatic carbocycles. The predicted molar refractivity (Wildman–Crippen MR) is 148 cm³/mol. The number of hydrogen-bond donors (Lipinski definition) is 11. The van der Waals surface area contributed by atoms with Gasteiger partial charge in [0.1, 0.15) is 65.7 Å². The van der Waals surface area contributed by atoms with Crippen molar-refractivity contribution in [3.63, 3.8) is 0 Å². The summed E-state index contributed by atoms with van der Waals surface area (Å²) in [4.78, 5) is 35.9. The number of carboxylic acids is 1. The molecule has 18 heteroatoms. The Balaban J connectivity index is 1.61. The zero-order chi connectivity index (χ0) is 31.4. The van der Waals surface area contributed by atoms with Crippen LogP contribution in [0.2, 0.25) is 0 Å². The van der Waals surface area contributed by atoms with Crippen molar-refractivity contribution in [1.29, 1.82) is 0 Å². The van der Waals surface area contributed by atoms with Gasteiger partial charge in [0.2, 0.25) is 11.8 Å². The minimum Gasteiger partial charge on any atom is -0.480 e. The Morgan fingerprint density at radius 3 is 1.62 bits per heavy atom. The number of aliphatic hydroxyl groups is 8. The largest absolute Gasteiger partial charge is 0.480 e. The molecular weight excluding hydrogens is 604 g/mol. The molecule has 11 N–H and O–H groups in total. The fourth-order valence-corrected chi connectivity index (χ4v) is 6.49. The molecule has 2 heterocycles. The van der Waals surface area contributed by atoms with E-state index in [-0.39, 0.29) is 43.2 Å². The Labute approximate surface area is 250 Å². The maximum absolute atomic E-state index is 12.3. The third-order valence-corrected chi connectivity index (χ3v) is 9.11. The Morgan fingerprint density at radius 1 is 0.690 bits per heavy atom. The molecule has 2 rings (SSSR count). The third kappa shape index (κ3) is 11.0. The fraction of sp³-hybridized carbons (Fsp3) is 0.875. The maximum Gasteiger partial charge on any atom is 0.326 e. The molecule has 42 heavy (non-hydrogen) atoms. The third-order valence-electron chi connectivity index (χ3n) is 6.79. The maximum atomic E-state index is 12.3. The highest BCUT2D eigenvalue weighted by molar-refractivity contribution is 8.00. The molecule has 2 aliphatic rings. The van der Waals surface area contributed by atoms with Crippen LogP contribution in [0.1, 0.15) is 32.1 Å². The van der Waals surface area contributed by atoms with Crippen LogP contribution in [-0.2, 0) is 23.9 Å². The van der Waals surface area contributed by atoms with Gasteiger partial charge in [0.05, 0.1) is 13.2 Å². The first-order chi connectivity index (χ1) is 19.9. The molecule has 16 nitrogen and oxygen atoms in total. The van der Waals surface area contributed by atoms with Gasteiger partial charge in [0, 0.05) is 30.9 Å². The van der Waals surface area contributed by atoms with Crippen molar-refractivity contribution in [2.45, 2.75) is 97.8 Å². The number of amides is 2.